The van der Waals surface area contributed by atoms with Gasteiger partial charge in [0.15, 0.2) is 0 Å². The van der Waals surface area contributed by atoms with Crippen molar-refractivity contribution in [2.75, 3.05) is 19.0 Å². The molecule has 2 rings (SSSR count). The molecule has 0 unspecified atom stereocenters. The van der Waals surface area contributed by atoms with Gasteiger partial charge in [-0.05, 0) is 23.6 Å². The summed E-state index contributed by atoms with van der Waals surface area (Å²) in [5.74, 6) is 1.47. The summed E-state index contributed by atoms with van der Waals surface area (Å²) in [5, 5.41) is 3.36. The summed E-state index contributed by atoms with van der Waals surface area (Å²) in [6, 6.07) is 8.29. The maximum Gasteiger partial charge on any atom is 0.207 e. The van der Waals surface area contributed by atoms with Gasteiger partial charge in [0.2, 0.25) is 5.95 Å². The Kier molecular flexibility index (Phi) is 4.58. The van der Waals surface area contributed by atoms with E-state index in [1.807, 2.05) is 18.5 Å². The van der Waals surface area contributed by atoms with Crippen LogP contribution in [0.2, 0.25) is 0 Å². The van der Waals surface area contributed by atoms with Crippen LogP contribution < -0.4 is 5.32 Å². The van der Waals surface area contributed by atoms with Gasteiger partial charge in [0, 0.05) is 31.7 Å². The smallest absolute Gasteiger partial charge is 0.207 e. The molecule has 0 bridgehead atoms. The van der Waals surface area contributed by atoms with Crippen LogP contribution in [-0.2, 0) is 11.3 Å². The summed E-state index contributed by atoms with van der Waals surface area (Å²) in [7, 11) is 1.71. The van der Waals surface area contributed by atoms with Gasteiger partial charge in [-0.3, -0.25) is 4.57 Å². The number of anilines is 1. The minimum atomic E-state index is 0.588. The maximum atomic E-state index is 5.17. The highest BCUT2D eigenvalue weighted by Crippen LogP contribution is 2.16. The third-order valence-corrected chi connectivity index (χ3v) is 2.81. The zero-order chi connectivity index (χ0) is 13.7. The molecular formula is C15H21N3O. The topological polar surface area (TPSA) is 39.1 Å². The second-order valence-corrected chi connectivity index (χ2v) is 5.00. The van der Waals surface area contributed by atoms with Crippen molar-refractivity contribution in [1.29, 1.82) is 0 Å². The van der Waals surface area contributed by atoms with E-state index in [0.717, 1.165) is 23.7 Å². The number of ether oxygens (including phenoxy) is 1. The molecule has 0 fully saturated rings. The fourth-order valence-electron chi connectivity index (χ4n) is 1.90. The molecular weight excluding hydrogens is 238 g/mol. The van der Waals surface area contributed by atoms with Crippen molar-refractivity contribution in [1.82, 2.24) is 9.55 Å². The SMILES string of the molecule is COCc1cccc(-n2ccnc2NCC(C)C)c1. The summed E-state index contributed by atoms with van der Waals surface area (Å²) >= 11 is 0. The van der Waals surface area contributed by atoms with Crippen LogP contribution in [0.25, 0.3) is 5.69 Å². The predicted octanol–water partition coefficient (Wildman–Crippen LogP) is 3.09. The van der Waals surface area contributed by atoms with E-state index in [4.69, 9.17) is 4.74 Å². The first-order valence-electron chi connectivity index (χ1n) is 6.56. The van der Waals surface area contributed by atoms with Crippen molar-refractivity contribution in [3.05, 3.63) is 42.2 Å². The highest BCUT2D eigenvalue weighted by atomic mass is 16.5. The molecule has 0 saturated heterocycles. The van der Waals surface area contributed by atoms with E-state index in [9.17, 15) is 0 Å². The summed E-state index contributed by atoms with van der Waals surface area (Å²) in [4.78, 5) is 4.36. The van der Waals surface area contributed by atoms with Crippen LogP contribution in [0, 0.1) is 5.92 Å². The molecule has 1 aromatic carbocycles. The van der Waals surface area contributed by atoms with Crippen LogP contribution in [0.1, 0.15) is 19.4 Å². The maximum absolute atomic E-state index is 5.17. The third kappa shape index (κ3) is 3.58. The average molecular weight is 259 g/mol. The average Bonchev–Trinajstić information content (AvgIpc) is 2.85. The van der Waals surface area contributed by atoms with Gasteiger partial charge in [-0.1, -0.05) is 26.0 Å². The zero-order valence-electron chi connectivity index (χ0n) is 11.8. The molecule has 1 N–H and O–H groups in total. The van der Waals surface area contributed by atoms with E-state index in [1.54, 1.807) is 7.11 Å². The van der Waals surface area contributed by atoms with Gasteiger partial charge in [0.25, 0.3) is 0 Å². The molecule has 4 heteroatoms. The lowest BCUT2D eigenvalue weighted by Gasteiger charge is -2.12. The molecule has 0 atom stereocenters. The highest BCUT2D eigenvalue weighted by molar-refractivity contribution is 5.43. The molecule has 102 valence electrons. The lowest BCUT2D eigenvalue weighted by atomic mass is 10.2. The number of aromatic nitrogens is 2. The Labute approximate surface area is 114 Å². The first-order valence-corrected chi connectivity index (χ1v) is 6.56. The minimum Gasteiger partial charge on any atom is -0.380 e. The van der Waals surface area contributed by atoms with Crippen molar-refractivity contribution in [3.63, 3.8) is 0 Å². The second-order valence-electron chi connectivity index (χ2n) is 5.00. The Hall–Kier alpha value is -1.81. The number of nitrogens with one attached hydrogen (secondary N) is 1. The fraction of sp³-hybridized carbons (Fsp3) is 0.400. The van der Waals surface area contributed by atoms with Gasteiger partial charge in [-0.25, -0.2) is 4.98 Å². The summed E-state index contributed by atoms with van der Waals surface area (Å²) in [6.45, 7) is 5.89. The van der Waals surface area contributed by atoms with Crippen molar-refractivity contribution in [3.8, 4) is 5.69 Å². The number of hydrogen-bond donors (Lipinski definition) is 1. The number of benzene rings is 1. The number of hydrogen-bond acceptors (Lipinski definition) is 3. The van der Waals surface area contributed by atoms with Crippen molar-refractivity contribution in [2.45, 2.75) is 20.5 Å². The molecule has 0 saturated carbocycles. The molecule has 2 aromatic rings. The first kappa shape index (κ1) is 13.6. The Morgan fingerprint density at radius 2 is 2.21 bits per heavy atom. The van der Waals surface area contributed by atoms with Crippen LogP contribution in [-0.4, -0.2) is 23.2 Å². The summed E-state index contributed by atoms with van der Waals surface area (Å²) in [5.41, 5.74) is 2.25. The molecule has 0 aliphatic heterocycles. The summed E-state index contributed by atoms with van der Waals surface area (Å²) < 4.78 is 7.23. The third-order valence-electron chi connectivity index (χ3n) is 2.81. The molecule has 4 nitrogen and oxygen atoms in total. The quantitative estimate of drug-likeness (QED) is 0.866. The number of rotatable bonds is 6. The summed E-state index contributed by atoms with van der Waals surface area (Å²) in [6.07, 6.45) is 3.78. The van der Waals surface area contributed by atoms with E-state index in [1.165, 1.54) is 0 Å². The second kappa shape index (κ2) is 6.38. The molecule has 1 aromatic heterocycles. The largest absolute Gasteiger partial charge is 0.380 e. The van der Waals surface area contributed by atoms with E-state index >= 15 is 0 Å². The van der Waals surface area contributed by atoms with E-state index in [0.29, 0.717) is 12.5 Å². The monoisotopic (exact) mass is 259 g/mol. The van der Waals surface area contributed by atoms with E-state index in [-0.39, 0.29) is 0 Å². The highest BCUT2D eigenvalue weighted by Gasteiger charge is 2.05. The van der Waals surface area contributed by atoms with Gasteiger partial charge in [-0.15, -0.1) is 0 Å². The van der Waals surface area contributed by atoms with Crippen LogP contribution in [0.5, 0.6) is 0 Å². The Morgan fingerprint density at radius 1 is 1.37 bits per heavy atom. The first-order chi connectivity index (χ1) is 9.20. The Bertz CT molecular complexity index is 520. The van der Waals surface area contributed by atoms with Crippen LogP contribution in [0.15, 0.2) is 36.7 Å². The van der Waals surface area contributed by atoms with E-state index < -0.39 is 0 Å². The Balaban J connectivity index is 2.21. The number of nitrogens with zero attached hydrogens (tertiary/aromatic N) is 2. The number of imidazole rings is 1. The lowest BCUT2D eigenvalue weighted by Crippen LogP contribution is -2.12. The van der Waals surface area contributed by atoms with Crippen LogP contribution in [0.3, 0.4) is 0 Å². The molecule has 1 heterocycles. The van der Waals surface area contributed by atoms with Gasteiger partial charge in [-0.2, -0.15) is 0 Å². The minimum absolute atomic E-state index is 0.588. The van der Waals surface area contributed by atoms with Gasteiger partial charge in [0.05, 0.1) is 6.61 Å². The van der Waals surface area contributed by atoms with Gasteiger partial charge in [0.1, 0.15) is 0 Å². The van der Waals surface area contributed by atoms with Gasteiger partial charge < -0.3 is 10.1 Å². The van der Waals surface area contributed by atoms with Gasteiger partial charge >= 0.3 is 0 Å². The van der Waals surface area contributed by atoms with Crippen molar-refractivity contribution >= 4 is 5.95 Å². The normalized spacial score (nSPS) is 10.9. The predicted molar refractivity (Wildman–Crippen MR) is 77.6 cm³/mol. The standard InChI is InChI=1S/C15H21N3O/c1-12(2)10-17-15-16-7-8-18(15)14-6-4-5-13(9-14)11-19-3/h4-9,12H,10-11H2,1-3H3,(H,16,17). The van der Waals surface area contributed by atoms with Crippen LogP contribution >= 0.6 is 0 Å². The van der Waals surface area contributed by atoms with Crippen molar-refractivity contribution in [2.24, 2.45) is 5.92 Å². The fourth-order valence-corrected chi connectivity index (χ4v) is 1.90. The number of methoxy groups -OCH3 is 1. The Morgan fingerprint density at radius 3 is 2.95 bits per heavy atom. The zero-order valence-corrected chi connectivity index (χ0v) is 11.8. The van der Waals surface area contributed by atoms with E-state index in [2.05, 4.69) is 46.9 Å². The molecule has 0 aliphatic rings. The molecule has 19 heavy (non-hydrogen) atoms. The van der Waals surface area contributed by atoms with Crippen molar-refractivity contribution < 1.29 is 4.74 Å². The molecule has 0 aliphatic carbocycles. The van der Waals surface area contributed by atoms with Crippen LogP contribution in [0.4, 0.5) is 5.95 Å². The molecule has 0 radical (unpaired) electrons. The lowest BCUT2D eigenvalue weighted by molar-refractivity contribution is 0.185. The molecule has 0 spiro atoms. The molecule has 0 amide bonds.